The second-order valence-electron chi connectivity index (χ2n) is 5.25. The van der Waals surface area contributed by atoms with Crippen LogP contribution in [-0.2, 0) is 0 Å². The Kier molecular flexibility index (Phi) is 4.09. The number of benzene rings is 2. The lowest BCUT2D eigenvalue weighted by Gasteiger charge is -2.32. The smallest absolute Gasteiger partial charge is 0.397 e. The summed E-state index contributed by atoms with van der Waals surface area (Å²) >= 11 is 11.9. The topological polar surface area (TPSA) is 113 Å². The number of nitrogens with zero attached hydrogens (tertiary/aromatic N) is 2. The highest BCUT2D eigenvalue weighted by Gasteiger charge is 2.62. The summed E-state index contributed by atoms with van der Waals surface area (Å²) in [7, 11) is 0. The number of hydrogen-bond donors (Lipinski definition) is 0. The maximum absolute atomic E-state index is 12.7. The van der Waals surface area contributed by atoms with Crippen molar-refractivity contribution in [2.45, 2.75) is 11.1 Å². The van der Waals surface area contributed by atoms with Crippen LogP contribution in [0.4, 0.5) is 5.69 Å². The van der Waals surface area contributed by atoms with E-state index in [1.54, 1.807) is 0 Å². The summed E-state index contributed by atoms with van der Waals surface area (Å²) in [5, 5.41) is 22.9. The van der Waals surface area contributed by atoms with Crippen molar-refractivity contribution in [2.24, 2.45) is 0 Å². The first kappa shape index (κ1) is 17.1. The Morgan fingerprint density at radius 2 is 1.72 bits per heavy atom. The van der Waals surface area contributed by atoms with Crippen molar-refractivity contribution >= 4 is 34.7 Å². The average Bonchev–Trinajstić information content (AvgIpc) is 2.58. The molecule has 25 heavy (non-hydrogen) atoms. The Balaban J connectivity index is 2.18. The van der Waals surface area contributed by atoms with E-state index < -0.39 is 32.4 Å². The predicted molar refractivity (Wildman–Crippen MR) is 87.8 cm³/mol. The maximum atomic E-state index is 12.7. The number of non-ortho nitro benzene ring substituents is 1. The number of nitro groups is 2. The number of fused-ring (bicyclic) bond motifs is 1. The van der Waals surface area contributed by atoms with E-state index in [9.17, 15) is 25.0 Å². The lowest BCUT2D eigenvalue weighted by molar-refractivity contribution is -0.536. The van der Waals surface area contributed by atoms with Gasteiger partial charge in [0.05, 0.1) is 15.4 Å². The Labute approximate surface area is 150 Å². The van der Waals surface area contributed by atoms with Crippen molar-refractivity contribution in [2.75, 3.05) is 0 Å². The number of Topliss-reactive ketones (excluding diaryl/α,β-unsaturated/α-hetero) is 1. The van der Waals surface area contributed by atoms with Crippen LogP contribution in [0.1, 0.15) is 22.0 Å². The molecular weight excluding hydrogens is 375 g/mol. The molecule has 0 saturated carbocycles. The van der Waals surface area contributed by atoms with E-state index in [0.29, 0.717) is 5.02 Å². The number of halogens is 2. The number of alkyl halides is 1. The van der Waals surface area contributed by atoms with Gasteiger partial charge in [0, 0.05) is 22.7 Å². The van der Waals surface area contributed by atoms with Gasteiger partial charge in [-0.15, -0.1) is 0 Å². The molecule has 10 heteroatoms. The normalized spacial score (nSPS) is 22.0. The second-order valence-corrected chi connectivity index (χ2v) is 6.26. The molecule has 0 radical (unpaired) electrons. The molecule has 3 rings (SSSR count). The van der Waals surface area contributed by atoms with Crippen molar-refractivity contribution in [3.05, 3.63) is 78.8 Å². The Morgan fingerprint density at radius 3 is 2.28 bits per heavy atom. The van der Waals surface area contributed by atoms with Gasteiger partial charge in [-0.05, 0) is 29.8 Å². The molecule has 8 nitrogen and oxygen atoms in total. The highest BCUT2D eigenvalue weighted by molar-refractivity contribution is 6.37. The first-order valence-corrected chi connectivity index (χ1v) is 7.59. The van der Waals surface area contributed by atoms with Crippen molar-refractivity contribution in [3.63, 3.8) is 0 Å². The largest absolute Gasteiger partial charge is 0.475 e. The number of nitro benzene ring substituents is 1. The molecule has 0 amide bonds. The Bertz CT molecular complexity index is 901. The first-order valence-electron chi connectivity index (χ1n) is 6.84. The standard InChI is InChI=1S/C15H8Cl2N2O6/c16-9-3-1-8(2-4-9)14-15(17,19(23)24)13(20)11-7-10(18(21)22)5-6-12(11)25-14/h1-7,14H. The van der Waals surface area contributed by atoms with Crippen LogP contribution in [0.25, 0.3) is 0 Å². The van der Waals surface area contributed by atoms with Gasteiger partial charge in [0.25, 0.3) is 11.5 Å². The van der Waals surface area contributed by atoms with E-state index >= 15 is 0 Å². The van der Waals surface area contributed by atoms with Crippen LogP contribution < -0.4 is 4.74 Å². The van der Waals surface area contributed by atoms with Crippen LogP contribution in [0.2, 0.25) is 5.02 Å². The molecule has 1 aliphatic heterocycles. The van der Waals surface area contributed by atoms with E-state index in [1.807, 2.05) is 0 Å². The number of hydrogen-bond acceptors (Lipinski definition) is 6. The SMILES string of the molecule is O=C1c2cc([N+](=O)[O-])ccc2OC(c2ccc(Cl)cc2)C1(Cl)[N+](=O)[O-]. The maximum Gasteiger partial charge on any atom is 0.397 e. The summed E-state index contributed by atoms with van der Waals surface area (Å²) in [5.41, 5.74) is -0.442. The quantitative estimate of drug-likeness (QED) is 0.345. The van der Waals surface area contributed by atoms with E-state index in [-0.39, 0.29) is 16.9 Å². The summed E-state index contributed by atoms with van der Waals surface area (Å²) in [6.45, 7) is 0. The molecule has 0 aromatic heterocycles. The van der Waals surface area contributed by atoms with Crippen LogP contribution in [0.15, 0.2) is 42.5 Å². The van der Waals surface area contributed by atoms with Crippen molar-refractivity contribution in [3.8, 4) is 5.75 Å². The highest BCUT2D eigenvalue weighted by Crippen LogP contribution is 2.46. The third-order valence-corrected chi connectivity index (χ3v) is 4.53. The third-order valence-electron chi connectivity index (χ3n) is 3.77. The molecule has 2 unspecified atom stereocenters. The zero-order chi connectivity index (χ0) is 18.4. The lowest BCUT2D eigenvalue weighted by atomic mass is 9.91. The molecule has 0 spiro atoms. The molecule has 0 fully saturated rings. The molecule has 1 aliphatic rings. The molecule has 0 N–H and O–H groups in total. The lowest BCUT2D eigenvalue weighted by Crippen LogP contribution is -2.51. The highest BCUT2D eigenvalue weighted by atomic mass is 35.5. The van der Waals surface area contributed by atoms with Gasteiger partial charge in [0.2, 0.25) is 6.10 Å². The first-order chi connectivity index (χ1) is 11.7. The number of carbonyl (C=O) groups excluding carboxylic acids is 1. The number of ether oxygens (including phenoxy) is 1. The molecule has 0 bridgehead atoms. The van der Waals surface area contributed by atoms with Crippen LogP contribution in [0.3, 0.4) is 0 Å². The summed E-state index contributed by atoms with van der Waals surface area (Å²) < 4.78 is 5.58. The summed E-state index contributed by atoms with van der Waals surface area (Å²) in [6.07, 6.45) is -1.43. The molecule has 128 valence electrons. The van der Waals surface area contributed by atoms with Gasteiger partial charge in [0.1, 0.15) is 5.75 Å². The summed E-state index contributed by atoms with van der Waals surface area (Å²) in [5.74, 6) is -1.10. The van der Waals surface area contributed by atoms with Gasteiger partial charge in [-0.2, -0.15) is 0 Å². The Hall–Kier alpha value is -2.71. The summed E-state index contributed by atoms with van der Waals surface area (Å²) in [6, 6.07) is 9.13. The van der Waals surface area contributed by atoms with Gasteiger partial charge < -0.3 is 4.74 Å². The number of rotatable bonds is 3. The number of carbonyl (C=O) groups is 1. The minimum absolute atomic E-state index is 0.0197. The van der Waals surface area contributed by atoms with Gasteiger partial charge in [0.15, 0.2) is 0 Å². The van der Waals surface area contributed by atoms with E-state index in [1.165, 1.54) is 30.3 Å². The zero-order valence-electron chi connectivity index (χ0n) is 12.2. The van der Waals surface area contributed by atoms with Crippen LogP contribution in [0, 0.1) is 20.2 Å². The van der Waals surface area contributed by atoms with Gasteiger partial charge in [-0.3, -0.25) is 25.0 Å². The predicted octanol–water partition coefficient (Wildman–Crippen LogP) is 3.78. The third kappa shape index (κ3) is 2.69. The molecule has 2 aromatic carbocycles. The van der Waals surface area contributed by atoms with Crippen LogP contribution >= 0.6 is 23.2 Å². The van der Waals surface area contributed by atoms with Gasteiger partial charge in [-0.1, -0.05) is 23.7 Å². The molecular formula is C15H8Cl2N2O6. The average molecular weight is 383 g/mol. The fourth-order valence-electron chi connectivity index (χ4n) is 2.53. The minimum Gasteiger partial charge on any atom is -0.475 e. The fourth-order valence-corrected chi connectivity index (χ4v) is 2.93. The minimum atomic E-state index is -2.66. The molecule has 0 saturated heterocycles. The van der Waals surface area contributed by atoms with Crippen molar-refractivity contribution in [1.82, 2.24) is 0 Å². The Morgan fingerprint density at radius 1 is 1.08 bits per heavy atom. The molecule has 2 aromatic rings. The summed E-state index contributed by atoms with van der Waals surface area (Å²) in [4.78, 5) is 30.8. The zero-order valence-corrected chi connectivity index (χ0v) is 13.7. The monoisotopic (exact) mass is 382 g/mol. The number of ketones is 1. The van der Waals surface area contributed by atoms with Crippen molar-refractivity contribution < 1.29 is 19.4 Å². The van der Waals surface area contributed by atoms with E-state index in [4.69, 9.17) is 27.9 Å². The van der Waals surface area contributed by atoms with Crippen molar-refractivity contribution in [1.29, 1.82) is 0 Å². The molecule has 2 atom stereocenters. The van der Waals surface area contributed by atoms with Gasteiger partial charge >= 0.3 is 5.00 Å². The van der Waals surface area contributed by atoms with Crippen LogP contribution in [0.5, 0.6) is 5.75 Å². The second kappa shape index (κ2) is 5.98. The molecule has 0 aliphatic carbocycles. The molecule has 1 heterocycles. The van der Waals surface area contributed by atoms with Crippen LogP contribution in [-0.4, -0.2) is 20.6 Å². The van der Waals surface area contributed by atoms with Gasteiger partial charge in [-0.25, -0.2) is 0 Å². The van der Waals surface area contributed by atoms with E-state index in [0.717, 1.165) is 12.1 Å². The van der Waals surface area contributed by atoms with E-state index in [2.05, 4.69) is 0 Å². The fraction of sp³-hybridized carbons (Fsp3) is 0.133.